The summed E-state index contributed by atoms with van der Waals surface area (Å²) >= 11 is 0. The molecule has 0 radical (unpaired) electrons. The van der Waals surface area contributed by atoms with Crippen LogP contribution >= 0.6 is 0 Å². The first-order valence-electron chi connectivity index (χ1n) is 12.7. The highest BCUT2D eigenvalue weighted by Crippen LogP contribution is 2.29. The van der Waals surface area contributed by atoms with Crippen LogP contribution < -0.4 is 10.0 Å². The van der Waals surface area contributed by atoms with Crippen LogP contribution in [0.2, 0.25) is 0 Å². The average molecular weight is 497 g/mol. The Balaban J connectivity index is 1.28. The normalized spacial score (nSPS) is 13.3. The van der Waals surface area contributed by atoms with E-state index in [1.165, 1.54) is 11.1 Å². The molecule has 5 aromatic rings. The second-order valence-corrected chi connectivity index (χ2v) is 9.35. The van der Waals surface area contributed by atoms with Crippen LogP contribution in [0, 0.1) is 0 Å². The van der Waals surface area contributed by atoms with Crippen LogP contribution in [0.15, 0.2) is 118 Å². The molecule has 0 saturated heterocycles. The fraction of sp³-hybridized carbons (Fsp3) is 0.0909. The van der Waals surface area contributed by atoms with E-state index >= 15 is 0 Å². The monoisotopic (exact) mass is 496 g/mol. The van der Waals surface area contributed by atoms with Crippen molar-refractivity contribution in [2.24, 2.45) is 10.2 Å². The molecule has 0 spiro atoms. The lowest BCUT2D eigenvalue weighted by atomic mass is 10.0. The van der Waals surface area contributed by atoms with Crippen LogP contribution in [0.1, 0.15) is 34.9 Å². The van der Waals surface area contributed by atoms with Crippen LogP contribution in [0.25, 0.3) is 23.1 Å². The summed E-state index contributed by atoms with van der Waals surface area (Å²) in [5.41, 5.74) is 8.33. The standard InChI is InChI=1S/C33H28N4O/c1-24(35-36(2)30-13-4-3-5-14-30)33-21-29-20-25(16-19-32(29)38-33)22-34-37-23-28-12-7-6-10-26(28)17-18-27-11-8-9-15-31(27)37/h3-22H,23H2,1-2H3. The third-order valence-electron chi connectivity index (χ3n) is 6.71. The highest BCUT2D eigenvalue weighted by Gasteiger charge is 2.14. The Kier molecular flexibility index (Phi) is 6.32. The largest absolute Gasteiger partial charge is 0.455 e. The maximum absolute atomic E-state index is 6.11. The van der Waals surface area contributed by atoms with Gasteiger partial charge in [0.25, 0.3) is 0 Å². The van der Waals surface area contributed by atoms with E-state index in [0.29, 0.717) is 6.54 Å². The Morgan fingerprint density at radius 1 is 0.842 bits per heavy atom. The zero-order valence-electron chi connectivity index (χ0n) is 21.5. The molecule has 4 aromatic carbocycles. The number of rotatable bonds is 5. The number of hydrazone groups is 2. The topological polar surface area (TPSA) is 44.3 Å². The molecule has 38 heavy (non-hydrogen) atoms. The zero-order valence-corrected chi connectivity index (χ0v) is 21.5. The quantitative estimate of drug-likeness (QED) is 0.184. The number of nitrogens with zero attached hydrogens (tertiary/aromatic N) is 4. The fourth-order valence-electron chi connectivity index (χ4n) is 4.67. The fourth-order valence-corrected chi connectivity index (χ4v) is 4.67. The summed E-state index contributed by atoms with van der Waals surface area (Å²) in [6.45, 7) is 2.65. The van der Waals surface area contributed by atoms with Gasteiger partial charge in [0.15, 0.2) is 5.76 Å². The zero-order chi connectivity index (χ0) is 25.9. The summed E-state index contributed by atoms with van der Waals surface area (Å²) in [6, 6.07) is 35.0. The minimum atomic E-state index is 0.691. The third-order valence-corrected chi connectivity index (χ3v) is 6.71. The van der Waals surface area contributed by atoms with Gasteiger partial charge in [0, 0.05) is 12.4 Å². The Hall–Kier alpha value is -4.90. The van der Waals surface area contributed by atoms with Crippen molar-refractivity contribution in [3.8, 4) is 0 Å². The highest BCUT2D eigenvalue weighted by atomic mass is 16.3. The molecule has 186 valence electrons. The van der Waals surface area contributed by atoms with E-state index in [-0.39, 0.29) is 0 Å². The van der Waals surface area contributed by atoms with Gasteiger partial charge in [0.1, 0.15) is 11.3 Å². The molecular formula is C33H28N4O. The molecule has 1 aliphatic rings. The maximum Gasteiger partial charge on any atom is 0.151 e. The minimum absolute atomic E-state index is 0.691. The molecule has 1 aliphatic heterocycles. The Morgan fingerprint density at radius 3 is 2.45 bits per heavy atom. The minimum Gasteiger partial charge on any atom is -0.455 e. The van der Waals surface area contributed by atoms with E-state index in [1.807, 2.05) is 73.7 Å². The number of fused-ring (bicyclic) bond motifs is 3. The molecule has 0 N–H and O–H groups in total. The lowest BCUT2D eigenvalue weighted by molar-refractivity contribution is 0.603. The summed E-state index contributed by atoms with van der Waals surface area (Å²) in [6.07, 6.45) is 6.26. The predicted octanol–water partition coefficient (Wildman–Crippen LogP) is 7.82. The van der Waals surface area contributed by atoms with Crippen molar-refractivity contribution < 1.29 is 4.42 Å². The predicted molar refractivity (Wildman–Crippen MR) is 159 cm³/mol. The van der Waals surface area contributed by atoms with E-state index < -0.39 is 0 Å². The van der Waals surface area contributed by atoms with Crippen molar-refractivity contribution in [3.63, 3.8) is 0 Å². The molecule has 0 saturated carbocycles. The van der Waals surface area contributed by atoms with Crippen molar-refractivity contribution in [1.82, 2.24) is 0 Å². The SMILES string of the molecule is CC(=NN(C)c1ccccc1)c1cc2cc(C=NN3Cc4ccccc4C=Cc4ccccc43)ccc2o1. The first-order valence-corrected chi connectivity index (χ1v) is 12.7. The van der Waals surface area contributed by atoms with Gasteiger partial charge in [0.2, 0.25) is 0 Å². The van der Waals surface area contributed by atoms with E-state index in [1.54, 1.807) is 0 Å². The van der Waals surface area contributed by atoms with Crippen molar-refractivity contribution in [2.75, 3.05) is 17.1 Å². The highest BCUT2D eigenvalue weighted by molar-refractivity contribution is 6.01. The number of benzene rings is 4. The Morgan fingerprint density at radius 2 is 1.58 bits per heavy atom. The van der Waals surface area contributed by atoms with Crippen LogP contribution in [0.3, 0.4) is 0 Å². The van der Waals surface area contributed by atoms with Gasteiger partial charge in [-0.05, 0) is 71.6 Å². The van der Waals surface area contributed by atoms with Gasteiger partial charge in [-0.1, -0.05) is 72.8 Å². The van der Waals surface area contributed by atoms with E-state index in [2.05, 4.69) is 71.8 Å². The summed E-state index contributed by atoms with van der Waals surface area (Å²) in [5, 5.41) is 14.6. The molecule has 5 nitrogen and oxygen atoms in total. The summed E-state index contributed by atoms with van der Waals surface area (Å²) in [5.74, 6) is 0.748. The van der Waals surface area contributed by atoms with E-state index in [0.717, 1.165) is 44.9 Å². The lowest BCUT2D eigenvalue weighted by Gasteiger charge is -2.24. The number of anilines is 2. The second-order valence-electron chi connectivity index (χ2n) is 9.35. The van der Waals surface area contributed by atoms with Gasteiger partial charge in [-0.25, -0.2) is 0 Å². The smallest absolute Gasteiger partial charge is 0.151 e. The Labute approximate surface area is 222 Å². The number of hydrogen-bond acceptors (Lipinski definition) is 5. The molecule has 0 fully saturated rings. The molecule has 0 amide bonds. The van der Waals surface area contributed by atoms with Gasteiger partial charge in [-0.15, -0.1) is 0 Å². The number of para-hydroxylation sites is 2. The average Bonchev–Trinajstić information content (AvgIpc) is 3.38. The van der Waals surface area contributed by atoms with E-state index in [4.69, 9.17) is 14.6 Å². The molecule has 5 heteroatoms. The van der Waals surface area contributed by atoms with Crippen LogP contribution in [-0.2, 0) is 6.54 Å². The maximum atomic E-state index is 6.11. The van der Waals surface area contributed by atoms with E-state index in [9.17, 15) is 0 Å². The number of furan rings is 1. The first-order chi connectivity index (χ1) is 18.6. The van der Waals surface area contributed by atoms with Crippen LogP contribution in [-0.4, -0.2) is 19.0 Å². The van der Waals surface area contributed by atoms with Crippen molar-refractivity contribution in [2.45, 2.75) is 13.5 Å². The molecule has 0 unspecified atom stereocenters. The van der Waals surface area contributed by atoms with Gasteiger partial charge in [-0.2, -0.15) is 10.2 Å². The molecule has 0 atom stereocenters. The molecule has 6 rings (SSSR count). The second kappa shape index (κ2) is 10.2. The summed E-state index contributed by atoms with van der Waals surface area (Å²) < 4.78 is 6.11. The lowest BCUT2D eigenvalue weighted by Crippen LogP contribution is -2.18. The molecule has 1 aromatic heterocycles. The van der Waals surface area contributed by atoms with Gasteiger partial charge < -0.3 is 4.42 Å². The third kappa shape index (κ3) is 4.87. The molecule has 2 heterocycles. The summed E-state index contributed by atoms with van der Waals surface area (Å²) in [7, 11) is 1.94. The number of hydrogen-bond donors (Lipinski definition) is 0. The van der Waals surface area contributed by atoms with Crippen molar-refractivity contribution in [3.05, 3.63) is 131 Å². The van der Waals surface area contributed by atoms with Crippen molar-refractivity contribution >= 4 is 46.4 Å². The molecule has 0 bridgehead atoms. The first kappa shape index (κ1) is 23.5. The van der Waals surface area contributed by atoms with Gasteiger partial charge in [-0.3, -0.25) is 10.0 Å². The molecular weight excluding hydrogens is 468 g/mol. The Bertz CT molecular complexity index is 1680. The van der Waals surface area contributed by atoms with Crippen LogP contribution in [0.5, 0.6) is 0 Å². The molecule has 0 aliphatic carbocycles. The summed E-state index contributed by atoms with van der Waals surface area (Å²) in [4.78, 5) is 0. The van der Waals surface area contributed by atoms with Gasteiger partial charge in [0.05, 0.1) is 24.1 Å². The van der Waals surface area contributed by atoms with Crippen LogP contribution in [0.4, 0.5) is 11.4 Å². The van der Waals surface area contributed by atoms with Crippen molar-refractivity contribution in [1.29, 1.82) is 0 Å². The van der Waals surface area contributed by atoms with Gasteiger partial charge >= 0.3 is 0 Å².